The molecule has 1 aliphatic carbocycles. The second kappa shape index (κ2) is 7.68. The highest BCUT2D eigenvalue weighted by atomic mass is 32.2. The van der Waals surface area contributed by atoms with Crippen molar-refractivity contribution < 1.29 is 13.2 Å². The molecule has 0 N–H and O–H groups in total. The van der Waals surface area contributed by atoms with Gasteiger partial charge in [-0.1, -0.05) is 37.5 Å². The lowest BCUT2D eigenvalue weighted by Crippen LogP contribution is -2.40. The van der Waals surface area contributed by atoms with E-state index in [0.717, 1.165) is 25.7 Å². The van der Waals surface area contributed by atoms with Crippen LogP contribution in [0.1, 0.15) is 51.4 Å². The zero-order valence-corrected chi connectivity index (χ0v) is 15.0. The molecule has 1 atom stereocenters. The van der Waals surface area contributed by atoms with Gasteiger partial charge in [-0.15, -0.1) is 0 Å². The van der Waals surface area contributed by atoms with Crippen LogP contribution in [-0.2, 0) is 14.6 Å². The molecule has 1 amide bonds. The number of benzene rings is 1. The van der Waals surface area contributed by atoms with Crippen molar-refractivity contribution in [1.29, 1.82) is 0 Å². The lowest BCUT2D eigenvalue weighted by molar-refractivity contribution is -0.132. The van der Waals surface area contributed by atoms with E-state index in [0.29, 0.717) is 23.8 Å². The van der Waals surface area contributed by atoms with Crippen molar-refractivity contribution in [1.82, 2.24) is 4.90 Å². The second-order valence-electron chi connectivity index (χ2n) is 7.19. The fraction of sp³-hybridized carbons (Fsp3) is 0.632. The smallest absolute Gasteiger partial charge is 0.223 e. The van der Waals surface area contributed by atoms with E-state index in [-0.39, 0.29) is 17.7 Å². The van der Waals surface area contributed by atoms with E-state index in [4.69, 9.17) is 0 Å². The van der Waals surface area contributed by atoms with Crippen molar-refractivity contribution in [3.63, 3.8) is 0 Å². The first-order chi connectivity index (χ1) is 11.6. The van der Waals surface area contributed by atoms with Crippen LogP contribution in [-0.4, -0.2) is 37.6 Å². The molecule has 1 aromatic carbocycles. The van der Waals surface area contributed by atoms with Crippen molar-refractivity contribution in [2.45, 2.75) is 62.3 Å². The predicted molar refractivity (Wildman–Crippen MR) is 94.4 cm³/mol. The Kier molecular flexibility index (Phi) is 5.59. The van der Waals surface area contributed by atoms with E-state index in [1.54, 1.807) is 24.3 Å². The summed E-state index contributed by atoms with van der Waals surface area (Å²) in [4.78, 5) is 14.9. The van der Waals surface area contributed by atoms with Crippen LogP contribution in [0.2, 0.25) is 0 Å². The van der Waals surface area contributed by atoms with E-state index in [2.05, 4.69) is 0 Å². The average Bonchev–Trinajstić information content (AvgIpc) is 3.04. The Morgan fingerprint density at radius 1 is 1.00 bits per heavy atom. The van der Waals surface area contributed by atoms with Gasteiger partial charge in [0.05, 0.1) is 10.6 Å². The van der Waals surface area contributed by atoms with Crippen LogP contribution in [0.4, 0.5) is 0 Å². The third-order valence-electron chi connectivity index (χ3n) is 5.40. The molecule has 24 heavy (non-hydrogen) atoms. The van der Waals surface area contributed by atoms with Gasteiger partial charge in [0.1, 0.15) is 0 Å². The topological polar surface area (TPSA) is 54.5 Å². The van der Waals surface area contributed by atoms with Crippen LogP contribution in [0.5, 0.6) is 0 Å². The van der Waals surface area contributed by atoms with Crippen LogP contribution < -0.4 is 0 Å². The third kappa shape index (κ3) is 4.18. The van der Waals surface area contributed by atoms with Gasteiger partial charge in [0.15, 0.2) is 9.84 Å². The first-order valence-corrected chi connectivity index (χ1v) is 10.8. The minimum Gasteiger partial charge on any atom is -0.339 e. The lowest BCUT2D eigenvalue weighted by Gasteiger charge is -2.28. The summed E-state index contributed by atoms with van der Waals surface area (Å²) >= 11 is 0. The molecule has 1 aliphatic heterocycles. The van der Waals surface area contributed by atoms with Gasteiger partial charge in [-0.3, -0.25) is 4.79 Å². The van der Waals surface area contributed by atoms with Crippen LogP contribution in [0.15, 0.2) is 35.2 Å². The minimum absolute atomic E-state index is 0.0490. The van der Waals surface area contributed by atoms with Gasteiger partial charge in [0.2, 0.25) is 5.91 Å². The van der Waals surface area contributed by atoms with Crippen molar-refractivity contribution in [2.24, 2.45) is 5.92 Å². The summed E-state index contributed by atoms with van der Waals surface area (Å²) in [5, 5.41) is 0. The van der Waals surface area contributed by atoms with Gasteiger partial charge >= 0.3 is 0 Å². The maximum atomic E-state index is 12.7. The van der Waals surface area contributed by atoms with E-state index in [1.807, 2.05) is 11.0 Å². The van der Waals surface area contributed by atoms with Crippen molar-refractivity contribution in [2.75, 3.05) is 12.3 Å². The molecule has 2 aliphatic rings. The quantitative estimate of drug-likeness (QED) is 0.818. The first kappa shape index (κ1) is 17.5. The molecule has 0 bridgehead atoms. The van der Waals surface area contributed by atoms with E-state index in [1.165, 1.54) is 19.3 Å². The van der Waals surface area contributed by atoms with Crippen molar-refractivity contribution >= 4 is 15.7 Å². The van der Waals surface area contributed by atoms with E-state index in [9.17, 15) is 13.2 Å². The fourth-order valence-electron chi connectivity index (χ4n) is 4.07. The molecular formula is C19H27NO3S. The zero-order chi connectivity index (χ0) is 17.0. The number of nitrogens with zero attached hydrogens (tertiary/aromatic N) is 1. The lowest BCUT2D eigenvalue weighted by atomic mass is 9.86. The average molecular weight is 349 g/mol. The molecule has 5 heteroatoms. The Morgan fingerprint density at radius 3 is 2.42 bits per heavy atom. The molecule has 1 unspecified atom stereocenters. The molecule has 3 rings (SSSR count). The highest BCUT2D eigenvalue weighted by Gasteiger charge is 2.33. The molecule has 1 aromatic rings. The Bertz CT molecular complexity index is 650. The molecule has 0 aromatic heterocycles. The standard InChI is InChI=1S/C19H27NO3S/c21-19(14-16-8-3-1-4-9-16)20-13-7-10-17(20)15-24(22,23)18-11-5-2-6-12-18/h2,5-6,11-12,16-17H,1,3-4,7-10,13-15H2. The summed E-state index contributed by atoms with van der Waals surface area (Å²) in [6, 6.07) is 8.42. The number of amides is 1. The zero-order valence-electron chi connectivity index (χ0n) is 14.2. The molecule has 1 saturated heterocycles. The predicted octanol–water partition coefficient (Wildman–Crippen LogP) is 3.42. The summed E-state index contributed by atoms with van der Waals surface area (Å²) in [6.07, 6.45) is 8.33. The largest absolute Gasteiger partial charge is 0.339 e. The van der Waals surface area contributed by atoms with Gasteiger partial charge < -0.3 is 4.90 Å². The van der Waals surface area contributed by atoms with Gasteiger partial charge in [-0.2, -0.15) is 0 Å². The first-order valence-electron chi connectivity index (χ1n) is 9.13. The van der Waals surface area contributed by atoms with Crippen LogP contribution in [0.3, 0.4) is 0 Å². The summed E-state index contributed by atoms with van der Waals surface area (Å²) in [6.45, 7) is 0.709. The monoisotopic (exact) mass is 349 g/mol. The number of hydrogen-bond acceptors (Lipinski definition) is 3. The number of rotatable bonds is 5. The van der Waals surface area contributed by atoms with Crippen LogP contribution in [0.25, 0.3) is 0 Å². The Morgan fingerprint density at radius 2 is 1.71 bits per heavy atom. The molecule has 1 saturated carbocycles. The second-order valence-corrected chi connectivity index (χ2v) is 9.22. The number of carbonyl (C=O) groups excluding carboxylic acids is 1. The number of likely N-dealkylation sites (tertiary alicyclic amines) is 1. The van der Waals surface area contributed by atoms with Crippen molar-refractivity contribution in [3.8, 4) is 0 Å². The SMILES string of the molecule is O=C(CC1CCCCC1)N1CCCC1CS(=O)(=O)c1ccccc1. The normalized spacial score (nSPS) is 22.7. The number of hydrogen-bond donors (Lipinski definition) is 0. The van der Waals surface area contributed by atoms with E-state index >= 15 is 0 Å². The van der Waals surface area contributed by atoms with Gasteiger partial charge in [-0.05, 0) is 43.7 Å². The number of sulfone groups is 1. The molecule has 1 heterocycles. The van der Waals surface area contributed by atoms with Gasteiger partial charge in [0, 0.05) is 19.0 Å². The number of carbonyl (C=O) groups is 1. The molecule has 132 valence electrons. The van der Waals surface area contributed by atoms with Crippen LogP contribution >= 0.6 is 0 Å². The maximum Gasteiger partial charge on any atom is 0.223 e. The van der Waals surface area contributed by atoms with E-state index < -0.39 is 9.84 Å². The summed E-state index contributed by atoms with van der Waals surface area (Å²) in [5.74, 6) is 0.707. The Hall–Kier alpha value is -1.36. The Balaban J connectivity index is 1.63. The summed E-state index contributed by atoms with van der Waals surface area (Å²) < 4.78 is 25.2. The summed E-state index contributed by atoms with van der Waals surface area (Å²) in [7, 11) is -3.34. The van der Waals surface area contributed by atoms with Gasteiger partial charge in [0.25, 0.3) is 0 Å². The maximum absolute atomic E-state index is 12.7. The molecule has 0 radical (unpaired) electrons. The highest BCUT2D eigenvalue weighted by Crippen LogP contribution is 2.29. The minimum atomic E-state index is -3.34. The summed E-state index contributed by atoms with van der Waals surface area (Å²) in [5.41, 5.74) is 0. The third-order valence-corrected chi connectivity index (χ3v) is 7.21. The molecule has 0 spiro atoms. The fourth-order valence-corrected chi connectivity index (χ4v) is 5.69. The molecule has 4 nitrogen and oxygen atoms in total. The Labute approximate surface area is 145 Å². The molecular weight excluding hydrogens is 322 g/mol. The molecule has 2 fully saturated rings. The van der Waals surface area contributed by atoms with Gasteiger partial charge in [-0.25, -0.2) is 8.42 Å². The van der Waals surface area contributed by atoms with Crippen LogP contribution in [0, 0.1) is 5.92 Å². The van der Waals surface area contributed by atoms with Crippen molar-refractivity contribution in [3.05, 3.63) is 30.3 Å². The highest BCUT2D eigenvalue weighted by molar-refractivity contribution is 7.91.